The normalized spacial score (nSPS) is 16.3. The number of amides is 2. The Morgan fingerprint density at radius 2 is 1.90 bits per heavy atom. The van der Waals surface area contributed by atoms with E-state index in [0.29, 0.717) is 30.6 Å². The standard InChI is InChI=1S/C21H19F2N5O2/c22-16-5-3-14(4-6-16)21(30)27-9-1-2-15(11-27)20(29)26-17-7-8-19(18(23)10-17)28-13-24-12-25-28/h3-8,10,12-13,15H,1-2,9,11H2,(H,26,29). The van der Waals surface area contributed by atoms with Crippen LogP contribution in [0.1, 0.15) is 23.2 Å². The molecule has 1 atom stereocenters. The maximum absolute atomic E-state index is 14.4. The molecular formula is C21H19F2N5O2. The van der Waals surface area contributed by atoms with Crippen molar-refractivity contribution in [1.82, 2.24) is 19.7 Å². The smallest absolute Gasteiger partial charge is 0.253 e. The van der Waals surface area contributed by atoms with E-state index in [1.54, 1.807) is 11.0 Å². The second-order valence-corrected chi connectivity index (χ2v) is 7.09. The fourth-order valence-electron chi connectivity index (χ4n) is 3.50. The lowest BCUT2D eigenvalue weighted by Crippen LogP contribution is -2.43. The van der Waals surface area contributed by atoms with Gasteiger partial charge < -0.3 is 10.2 Å². The van der Waals surface area contributed by atoms with Crippen molar-refractivity contribution in [2.75, 3.05) is 18.4 Å². The molecule has 2 amide bonds. The first kappa shape index (κ1) is 19.7. The van der Waals surface area contributed by atoms with Gasteiger partial charge >= 0.3 is 0 Å². The van der Waals surface area contributed by atoms with E-state index in [1.165, 1.54) is 53.7 Å². The first-order chi connectivity index (χ1) is 14.5. The molecule has 0 aliphatic carbocycles. The number of halogens is 2. The van der Waals surface area contributed by atoms with Crippen LogP contribution in [-0.2, 0) is 4.79 Å². The third-order valence-corrected chi connectivity index (χ3v) is 5.05. The summed E-state index contributed by atoms with van der Waals surface area (Å²) >= 11 is 0. The molecule has 0 bridgehead atoms. The molecule has 1 saturated heterocycles. The highest BCUT2D eigenvalue weighted by Gasteiger charge is 2.29. The predicted octanol–water partition coefficient (Wildman–Crippen LogP) is 3.04. The maximum atomic E-state index is 14.4. The monoisotopic (exact) mass is 411 g/mol. The van der Waals surface area contributed by atoms with E-state index in [-0.39, 0.29) is 24.0 Å². The maximum Gasteiger partial charge on any atom is 0.253 e. The number of rotatable bonds is 4. The minimum atomic E-state index is -0.546. The Bertz CT molecular complexity index is 1050. The van der Waals surface area contributed by atoms with Crippen molar-refractivity contribution in [3.63, 3.8) is 0 Å². The SMILES string of the molecule is O=C(Nc1ccc(-n2cncn2)c(F)c1)C1CCCN(C(=O)c2ccc(F)cc2)C1. The zero-order valence-electron chi connectivity index (χ0n) is 16.0. The van der Waals surface area contributed by atoms with E-state index in [1.807, 2.05) is 0 Å². The second kappa shape index (κ2) is 8.40. The number of hydrogen-bond acceptors (Lipinski definition) is 4. The largest absolute Gasteiger partial charge is 0.338 e. The molecule has 0 radical (unpaired) electrons. The van der Waals surface area contributed by atoms with Gasteiger partial charge in [-0.3, -0.25) is 9.59 Å². The summed E-state index contributed by atoms with van der Waals surface area (Å²) in [7, 11) is 0. The predicted molar refractivity (Wildman–Crippen MR) is 105 cm³/mol. The molecule has 30 heavy (non-hydrogen) atoms. The average molecular weight is 411 g/mol. The van der Waals surface area contributed by atoms with E-state index >= 15 is 0 Å². The Morgan fingerprint density at radius 3 is 2.60 bits per heavy atom. The third-order valence-electron chi connectivity index (χ3n) is 5.05. The fraction of sp³-hybridized carbons (Fsp3) is 0.238. The number of nitrogens with one attached hydrogen (secondary N) is 1. The highest BCUT2D eigenvalue weighted by Crippen LogP contribution is 2.22. The Labute approximate surface area is 171 Å². The van der Waals surface area contributed by atoms with Crippen LogP contribution in [0.2, 0.25) is 0 Å². The number of carbonyl (C=O) groups is 2. The van der Waals surface area contributed by atoms with Gasteiger partial charge in [0.2, 0.25) is 5.91 Å². The van der Waals surface area contributed by atoms with Gasteiger partial charge in [0.05, 0.1) is 5.92 Å². The fourth-order valence-corrected chi connectivity index (χ4v) is 3.50. The molecule has 2 heterocycles. The van der Waals surface area contributed by atoms with Crippen molar-refractivity contribution in [2.45, 2.75) is 12.8 Å². The number of piperidine rings is 1. The molecule has 4 rings (SSSR count). The van der Waals surface area contributed by atoms with Crippen molar-refractivity contribution in [3.8, 4) is 5.69 Å². The Hall–Kier alpha value is -3.62. The van der Waals surface area contributed by atoms with Crippen LogP contribution in [0, 0.1) is 17.6 Å². The van der Waals surface area contributed by atoms with Crippen LogP contribution >= 0.6 is 0 Å². The molecule has 3 aromatic rings. The summed E-state index contributed by atoms with van der Waals surface area (Å²) in [5.41, 5.74) is 0.922. The molecule has 7 nitrogen and oxygen atoms in total. The number of likely N-dealkylation sites (tertiary alicyclic amines) is 1. The zero-order valence-corrected chi connectivity index (χ0v) is 16.0. The van der Waals surface area contributed by atoms with E-state index in [0.717, 1.165) is 0 Å². The summed E-state index contributed by atoms with van der Waals surface area (Å²) in [6.07, 6.45) is 3.98. The van der Waals surface area contributed by atoms with Crippen LogP contribution in [-0.4, -0.2) is 44.6 Å². The van der Waals surface area contributed by atoms with E-state index in [2.05, 4.69) is 15.4 Å². The minimum absolute atomic E-state index is 0.222. The number of benzene rings is 2. The van der Waals surface area contributed by atoms with Crippen LogP contribution in [0.4, 0.5) is 14.5 Å². The van der Waals surface area contributed by atoms with Gasteiger partial charge in [-0.1, -0.05) is 0 Å². The van der Waals surface area contributed by atoms with E-state index < -0.39 is 17.6 Å². The van der Waals surface area contributed by atoms with Crippen LogP contribution in [0.25, 0.3) is 5.69 Å². The van der Waals surface area contributed by atoms with Gasteiger partial charge in [-0.05, 0) is 55.3 Å². The van der Waals surface area contributed by atoms with Gasteiger partial charge in [-0.25, -0.2) is 18.4 Å². The lowest BCUT2D eigenvalue weighted by Gasteiger charge is -2.32. The number of anilines is 1. The lowest BCUT2D eigenvalue weighted by atomic mass is 9.96. The number of nitrogens with zero attached hydrogens (tertiary/aromatic N) is 4. The average Bonchev–Trinajstić information content (AvgIpc) is 3.28. The number of aromatic nitrogens is 3. The van der Waals surface area contributed by atoms with Gasteiger partial charge in [-0.15, -0.1) is 0 Å². The summed E-state index contributed by atoms with van der Waals surface area (Å²) in [5.74, 6) is -1.89. The van der Waals surface area contributed by atoms with Crippen LogP contribution < -0.4 is 5.32 Å². The molecule has 1 aromatic heterocycles. The van der Waals surface area contributed by atoms with Gasteiger partial charge in [0, 0.05) is 24.3 Å². The highest BCUT2D eigenvalue weighted by molar-refractivity contribution is 5.96. The molecule has 1 aliphatic rings. The van der Waals surface area contributed by atoms with Gasteiger partial charge in [0.15, 0.2) is 5.82 Å². The Balaban J connectivity index is 1.41. The Morgan fingerprint density at radius 1 is 1.10 bits per heavy atom. The van der Waals surface area contributed by atoms with Crippen LogP contribution in [0.3, 0.4) is 0 Å². The van der Waals surface area contributed by atoms with Crippen molar-refractivity contribution >= 4 is 17.5 Å². The molecule has 0 spiro atoms. The van der Waals surface area contributed by atoms with Crippen molar-refractivity contribution in [2.24, 2.45) is 5.92 Å². The molecule has 2 aromatic carbocycles. The van der Waals surface area contributed by atoms with Gasteiger partial charge in [0.25, 0.3) is 5.91 Å². The molecule has 0 saturated carbocycles. The van der Waals surface area contributed by atoms with E-state index in [4.69, 9.17) is 0 Å². The van der Waals surface area contributed by atoms with Gasteiger partial charge in [-0.2, -0.15) is 5.10 Å². The summed E-state index contributed by atoms with van der Waals surface area (Å²) < 4.78 is 28.8. The Kier molecular flexibility index (Phi) is 5.51. The number of hydrogen-bond donors (Lipinski definition) is 1. The lowest BCUT2D eigenvalue weighted by molar-refractivity contribution is -0.121. The summed E-state index contributed by atoms with van der Waals surface area (Å²) in [6, 6.07) is 9.64. The summed E-state index contributed by atoms with van der Waals surface area (Å²) in [6.45, 7) is 0.781. The first-order valence-electron chi connectivity index (χ1n) is 9.51. The second-order valence-electron chi connectivity index (χ2n) is 7.09. The number of carbonyl (C=O) groups excluding carboxylic acids is 2. The third kappa shape index (κ3) is 4.19. The summed E-state index contributed by atoms with van der Waals surface area (Å²) in [5, 5.41) is 6.61. The molecule has 1 N–H and O–H groups in total. The zero-order chi connectivity index (χ0) is 21.1. The highest BCUT2D eigenvalue weighted by atomic mass is 19.1. The van der Waals surface area contributed by atoms with Gasteiger partial charge in [0.1, 0.15) is 24.2 Å². The van der Waals surface area contributed by atoms with Crippen molar-refractivity contribution < 1.29 is 18.4 Å². The van der Waals surface area contributed by atoms with Crippen molar-refractivity contribution in [3.05, 3.63) is 72.3 Å². The quantitative estimate of drug-likeness (QED) is 0.716. The molecule has 1 aliphatic heterocycles. The molecular weight excluding hydrogens is 392 g/mol. The first-order valence-corrected chi connectivity index (χ1v) is 9.51. The summed E-state index contributed by atoms with van der Waals surface area (Å²) in [4.78, 5) is 30.7. The molecule has 9 heteroatoms. The molecule has 1 unspecified atom stereocenters. The molecule has 154 valence electrons. The van der Waals surface area contributed by atoms with E-state index in [9.17, 15) is 18.4 Å². The van der Waals surface area contributed by atoms with Crippen molar-refractivity contribution in [1.29, 1.82) is 0 Å². The van der Waals surface area contributed by atoms with Crippen LogP contribution in [0.5, 0.6) is 0 Å². The topological polar surface area (TPSA) is 80.1 Å². The molecule has 1 fully saturated rings. The van der Waals surface area contributed by atoms with Crippen LogP contribution in [0.15, 0.2) is 55.1 Å². The minimum Gasteiger partial charge on any atom is -0.338 e.